The summed E-state index contributed by atoms with van der Waals surface area (Å²) in [5.74, 6) is 0. The molecule has 1 N–H and O–H groups in total. The van der Waals surface area contributed by atoms with Gasteiger partial charge in [-0.1, -0.05) is 6.92 Å². The number of nitrogens with one attached hydrogen (secondary N) is 1. The molecule has 2 nitrogen and oxygen atoms in total. The van der Waals surface area contributed by atoms with Crippen molar-refractivity contribution in [1.82, 2.24) is 5.32 Å². The predicted octanol–water partition coefficient (Wildman–Crippen LogP) is 0.972. The first-order valence-corrected chi connectivity index (χ1v) is 3.76. The van der Waals surface area contributed by atoms with Crippen molar-refractivity contribution in [2.75, 3.05) is 33.0 Å². The highest BCUT2D eigenvalue weighted by Crippen LogP contribution is 1.77. The van der Waals surface area contributed by atoms with Gasteiger partial charge in [-0.25, -0.2) is 4.39 Å². The first-order valence-electron chi connectivity index (χ1n) is 3.76. The second-order valence-corrected chi connectivity index (χ2v) is 2.05. The van der Waals surface area contributed by atoms with E-state index in [2.05, 4.69) is 12.2 Å². The van der Waals surface area contributed by atoms with E-state index in [9.17, 15) is 4.39 Å². The fraction of sp³-hybridized carbons (Fsp3) is 1.00. The van der Waals surface area contributed by atoms with E-state index in [1.165, 1.54) is 0 Å². The molecule has 0 heterocycles. The SMILES string of the molecule is CCCOCCNCCF. The Balaban J connectivity index is 2.65. The number of ether oxygens (including phenoxy) is 1. The zero-order valence-electron chi connectivity index (χ0n) is 6.53. The van der Waals surface area contributed by atoms with Crippen LogP contribution in [0, 0.1) is 0 Å². The van der Waals surface area contributed by atoms with Crippen molar-refractivity contribution in [2.45, 2.75) is 13.3 Å². The standard InChI is InChI=1S/C7H16FNO/c1-2-6-10-7-5-9-4-3-8/h9H,2-7H2,1H3. The Morgan fingerprint density at radius 3 is 2.70 bits per heavy atom. The van der Waals surface area contributed by atoms with Gasteiger partial charge in [-0.3, -0.25) is 0 Å². The van der Waals surface area contributed by atoms with Gasteiger partial charge in [0.15, 0.2) is 0 Å². The van der Waals surface area contributed by atoms with Crippen LogP contribution in [0.25, 0.3) is 0 Å². The number of halogens is 1. The zero-order chi connectivity index (χ0) is 7.66. The first kappa shape index (κ1) is 9.85. The summed E-state index contributed by atoms with van der Waals surface area (Å²) >= 11 is 0. The summed E-state index contributed by atoms with van der Waals surface area (Å²) in [4.78, 5) is 0. The molecule has 0 saturated heterocycles. The molecular weight excluding hydrogens is 133 g/mol. The summed E-state index contributed by atoms with van der Waals surface area (Å²) in [6.45, 7) is 4.45. The number of hydrogen-bond acceptors (Lipinski definition) is 2. The van der Waals surface area contributed by atoms with Crippen molar-refractivity contribution >= 4 is 0 Å². The molecule has 0 spiro atoms. The van der Waals surface area contributed by atoms with Gasteiger partial charge in [0.05, 0.1) is 6.61 Å². The van der Waals surface area contributed by atoms with Gasteiger partial charge in [-0.05, 0) is 6.42 Å². The van der Waals surface area contributed by atoms with Crippen LogP contribution in [0.4, 0.5) is 4.39 Å². The Kier molecular flexibility index (Phi) is 8.72. The maximum Gasteiger partial charge on any atom is 0.102 e. The molecule has 3 heteroatoms. The lowest BCUT2D eigenvalue weighted by Crippen LogP contribution is -2.21. The van der Waals surface area contributed by atoms with E-state index in [0.29, 0.717) is 13.2 Å². The summed E-state index contributed by atoms with van der Waals surface area (Å²) in [5, 5.41) is 2.89. The normalized spacial score (nSPS) is 10.2. The average molecular weight is 149 g/mol. The number of rotatable bonds is 7. The molecule has 0 unspecified atom stereocenters. The highest BCUT2D eigenvalue weighted by atomic mass is 19.1. The average Bonchev–Trinajstić information content (AvgIpc) is 1.97. The van der Waals surface area contributed by atoms with Gasteiger partial charge in [-0.2, -0.15) is 0 Å². The van der Waals surface area contributed by atoms with Gasteiger partial charge < -0.3 is 10.1 Å². The molecular formula is C7H16FNO. The fourth-order valence-corrected chi connectivity index (χ4v) is 0.583. The van der Waals surface area contributed by atoms with Crippen molar-refractivity contribution in [2.24, 2.45) is 0 Å². The predicted molar refractivity (Wildman–Crippen MR) is 40.0 cm³/mol. The third kappa shape index (κ3) is 7.85. The van der Waals surface area contributed by atoms with E-state index in [1.54, 1.807) is 0 Å². The monoisotopic (exact) mass is 149 g/mol. The van der Waals surface area contributed by atoms with Crippen LogP contribution in [-0.4, -0.2) is 33.0 Å². The minimum Gasteiger partial charge on any atom is -0.380 e. The van der Waals surface area contributed by atoms with Crippen molar-refractivity contribution in [1.29, 1.82) is 0 Å². The van der Waals surface area contributed by atoms with E-state index in [1.807, 2.05) is 0 Å². The minimum atomic E-state index is -0.298. The summed E-state index contributed by atoms with van der Waals surface area (Å²) in [5.41, 5.74) is 0. The molecule has 0 aromatic rings. The zero-order valence-corrected chi connectivity index (χ0v) is 6.53. The maximum absolute atomic E-state index is 11.5. The Hall–Kier alpha value is -0.150. The highest BCUT2D eigenvalue weighted by Gasteiger charge is 1.85. The third-order valence-corrected chi connectivity index (χ3v) is 1.04. The number of alkyl halides is 1. The molecule has 0 rings (SSSR count). The van der Waals surface area contributed by atoms with E-state index in [0.717, 1.165) is 19.6 Å². The van der Waals surface area contributed by atoms with Gasteiger partial charge in [-0.15, -0.1) is 0 Å². The van der Waals surface area contributed by atoms with Crippen molar-refractivity contribution in [3.8, 4) is 0 Å². The third-order valence-electron chi connectivity index (χ3n) is 1.04. The largest absolute Gasteiger partial charge is 0.380 e. The van der Waals surface area contributed by atoms with Crippen LogP contribution in [0.3, 0.4) is 0 Å². The molecule has 0 aromatic heterocycles. The Morgan fingerprint density at radius 2 is 2.10 bits per heavy atom. The lowest BCUT2D eigenvalue weighted by Gasteiger charge is -2.01. The van der Waals surface area contributed by atoms with Gasteiger partial charge in [0.1, 0.15) is 6.67 Å². The molecule has 0 bridgehead atoms. The molecule has 0 atom stereocenters. The van der Waals surface area contributed by atoms with Crippen LogP contribution in [0.1, 0.15) is 13.3 Å². The molecule has 62 valence electrons. The van der Waals surface area contributed by atoms with Crippen LogP contribution >= 0.6 is 0 Å². The second-order valence-electron chi connectivity index (χ2n) is 2.05. The number of hydrogen-bond donors (Lipinski definition) is 1. The second kappa shape index (κ2) is 8.85. The smallest absolute Gasteiger partial charge is 0.102 e. The van der Waals surface area contributed by atoms with Gasteiger partial charge in [0.2, 0.25) is 0 Å². The van der Waals surface area contributed by atoms with Crippen molar-refractivity contribution in [3.63, 3.8) is 0 Å². The van der Waals surface area contributed by atoms with Gasteiger partial charge >= 0.3 is 0 Å². The van der Waals surface area contributed by atoms with E-state index < -0.39 is 0 Å². The van der Waals surface area contributed by atoms with Gasteiger partial charge in [0.25, 0.3) is 0 Å². The quantitative estimate of drug-likeness (QED) is 0.545. The molecule has 0 aromatic carbocycles. The van der Waals surface area contributed by atoms with Gasteiger partial charge in [0, 0.05) is 19.7 Å². The van der Waals surface area contributed by atoms with E-state index in [4.69, 9.17) is 4.74 Å². The van der Waals surface area contributed by atoms with E-state index >= 15 is 0 Å². The Labute approximate surface area is 61.8 Å². The summed E-state index contributed by atoms with van der Waals surface area (Å²) in [6, 6.07) is 0. The molecule has 0 radical (unpaired) electrons. The summed E-state index contributed by atoms with van der Waals surface area (Å²) < 4.78 is 16.6. The molecule has 0 fully saturated rings. The minimum absolute atomic E-state index is 0.298. The molecule has 10 heavy (non-hydrogen) atoms. The molecule has 0 aliphatic rings. The van der Waals surface area contributed by atoms with Crippen LogP contribution in [0.15, 0.2) is 0 Å². The molecule has 0 saturated carbocycles. The first-order chi connectivity index (χ1) is 4.91. The van der Waals surface area contributed by atoms with E-state index in [-0.39, 0.29) is 6.67 Å². The van der Waals surface area contributed by atoms with Crippen LogP contribution in [-0.2, 0) is 4.74 Å². The lowest BCUT2D eigenvalue weighted by molar-refractivity contribution is 0.136. The van der Waals surface area contributed by atoms with Crippen LogP contribution in [0.5, 0.6) is 0 Å². The fourth-order valence-electron chi connectivity index (χ4n) is 0.583. The van der Waals surface area contributed by atoms with Crippen molar-refractivity contribution < 1.29 is 9.13 Å². The lowest BCUT2D eigenvalue weighted by atomic mass is 10.5. The Bertz CT molecular complexity index is 53.6. The topological polar surface area (TPSA) is 21.3 Å². The molecule has 0 aliphatic heterocycles. The van der Waals surface area contributed by atoms with Crippen molar-refractivity contribution in [3.05, 3.63) is 0 Å². The maximum atomic E-state index is 11.5. The summed E-state index contributed by atoms with van der Waals surface area (Å²) in [6.07, 6.45) is 1.04. The van der Waals surface area contributed by atoms with Crippen LogP contribution in [0.2, 0.25) is 0 Å². The Morgan fingerprint density at radius 1 is 1.30 bits per heavy atom. The molecule has 0 aliphatic carbocycles. The van der Waals surface area contributed by atoms with Crippen LogP contribution < -0.4 is 5.32 Å². The molecule has 0 amide bonds. The highest BCUT2D eigenvalue weighted by molar-refractivity contribution is 4.42. The summed E-state index contributed by atoms with van der Waals surface area (Å²) in [7, 11) is 0.